The van der Waals surface area contributed by atoms with Gasteiger partial charge < -0.3 is 4.74 Å². The molecule has 0 heterocycles. The summed E-state index contributed by atoms with van der Waals surface area (Å²) >= 11 is 0. The molecule has 0 saturated heterocycles. The molecular formula is C16H26O. The Morgan fingerprint density at radius 2 is 1.71 bits per heavy atom. The first-order valence-electron chi connectivity index (χ1n) is 6.94. The second-order valence-electron chi connectivity index (χ2n) is 4.85. The molecule has 0 radical (unpaired) electrons. The van der Waals surface area contributed by atoms with E-state index in [4.69, 9.17) is 4.74 Å². The van der Waals surface area contributed by atoms with Gasteiger partial charge in [0, 0.05) is 0 Å². The molecule has 1 heteroatoms. The standard InChI is InChI=1S/C16H26O/c1-4-5-6-8-11-14(2)17-15(3)16-12-9-7-10-13-16/h7,9-10,12-15H,4-6,8,11H2,1-3H3/t14-,15?/m0/s1. The molecule has 0 N–H and O–H groups in total. The van der Waals surface area contributed by atoms with Crippen LogP contribution < -0.4 is 0 Å². The number of unbranched alkanes of at least 4 members (excludes halogenated alkanes) is 3. The lowest BCUT2D eigenvalue weighted by atomic mass is 10.1. The van der Waals surface area contributed by atoms with Gasteiger partial charge in [0.2, 0.25) is 0 Å². The van der Waals surface area contributed by atoms with Crippen molar-refractivity contribution >= 4 is 0 Å². The van der Waals surface area contributed by atoms with Gasteiger partial charge in [-0.2, -0.15) is 0 Å². The Bertz CT molecular complexity index is 281. The minimum Gasteiger partial charge on any atom is -0.371 e. The minimum atomic E-state index is 0.206. The zero-order valence-electron chi connectivity index (χ0n) is 11.5. The van der Waals surface area contributed by atoms with Crippen molar-refractivity contribution in [2.45, 2.75) is 65.1 Å². The van der Waals surface area contributed by atoms with Crippen molar-refractivity contribution in [1.29, 1.82) is 0 Å². The smallest absolute Gasteiger partial charge is 0.0800 e. The minimum absolute atomic E-state index is 0.206. The van der Waals surface area contributed by atoms with Gasteiger partial charge in [0.15, 0.2) is 0 Å². The fourth-order valence-corrected chi connectivity index (χ4v) is 2.08. The van der Waals surface area contributed by atoms with Crippen molar-refractivity contribution in [3.63, 3.8) is 0 Å². The van der Waals surface area contributed by atoms with Crippen molar-refractivity contribution in [3.8, 4) is 0 Å². The summed E-state index contributed by atoms with van der Waals surface area (Å²) in [5, 5.41) is 0. The highest BCUT2D eigenvalue weighted by Crippen LogP contribution is 2.20. The largest absolute Gasteiger partial charge is 0.371 e. The van der Waals surface area contributed by atoms with E-state index in [1.54, 1.807) is 0 Å². The van der Waals surface area contributed by atoms with E-state index >= 15 is 0 Å². The Labute approximate surface area is 106 Å². The lowest BCUT2D eigenvalue weighted by Crippen LogP contribution is -2.11. The SMILES string of the molecule is CCCCCC[C@H](C)OC(C)c1ccccc1. The van der Waals surface area contributed by atoms with Crippen molar-refractivity contribution in [2.75, 3.05) is 0 Å². The van der Waals surface area contributed by atoms with Crippen molar-refractivity contribution in [3.05, 3.63) is 35.9 Å². The van der Waals surface area contributed by atoms with E-state index in [2.05, 4.69) is 45.0 Å². The molecule has 1 aromatic rings. The third-order valence-electron chi connectivity index (χ3n) is 3.17. The maximum atomic E-state index is 6.02. The average Bonchev–Trinajstić information content (AvgIpc) is 2.36. The Hall–Kier alpha value is -0.820. The van der Waals surface area contributed by atoms with E-state index in [1.807, 2.05) is 6.07 Å². The van der Waals surface area contributed by atoms with Crippen LogP contribution in [0.25, 0.3) is 0 Å². The third kappa shape index (κ3) is 5.88. The first-order chi connectivity index (χ1) is 8.24. The number of ether oxygens (including phenoxy) is 1. The molecule has 0 aliphatic heterocycles. The fraction of sp³-hybridized carbons (Fsp3) is 0.625. The molecule has 2 atom stereocenters. The van der Waals surface area contributed by atoms with Gasteiger partial charge in [0.05, 0.1) is 12.2 Å². The molecular weight excluding hydrogens is 208 g/mol. The van der Waals surface area contributed by atoms with E-state index in [1.165, 1.54) is 37.7 Å². The van der Waals surface area contributed by atoms with Crippen molar-refractivity contribution < 1.29 is 4.74 Å². The van der Waals surface area contributed by atoms with Gasteiger partial charge in [-0.15, -0.1) is 0 Å². The topological polar surface area (TPSA) is 9.23 Å². The van der Waals surface area contributed by atoms with Gasteiger partial charge >= 0.3 is 0 Å². The number of rotatable bonds is 8. The first-order valence-corrected chi connectivity index (χ1v) is 6.94. The molecule has 1 rings (SSSR count). The molecule has 0 fully saturated rings. The van der Waals surface area contributed by atoms with E-state index < -0.39 is 0 Å². The normalized spacial score (nSPS) is 14.5. The molecule has 1 nitrogen and oxygen atoms in total. The zero-order chi connectivity index (χ0) is 12.5. The number of benzene rings is 1. The first kappa shape index (κ1) is 14.2. The van der Waals surface area contributed by atoms with E-state index in [0.29, 0.717) is 6.10 Å². The van der Waals surface area contributed by atoms with E-state index in [9.17, 15) is 0 Å². The molecule has 1 aromatic carbocycles. The summed E-state index contributed by atoms with van der Waals surface area (Å²) in [4.78, 5) is 0. The Balaban J connectivity index is 2.24. The third-order valence-corrected chi connectivity index (χ3v) is 3.17. The van der Waals surface area contributed by atoms with Gasteiger partial charge in [-0.1, -0.05) is 62.9 Å². The van der Waals surface area contributed by atoms with Gasteiger partial charge in [-0.25, -0.2) is 0 Å². The zero-order valence-corrected chi connectivity index (χ0v) is 11.5. The summed E-state index contributed by atoms with van der Waals surface area (Å²) in [6, 6.07) is 10.5. The summed E-state index contributed by atoms with van der Waals surface area (Å²) in [7, 11) is 0. The fourth-order valence-electron chi connectivity index (χ4n) is 2.08. The Morgan fingerprint density at radius 3 is 2.35 bits per heavy atom. The second-order valence-corrected chi connectivity index (χ2v) is 4.85. The predicted molar refractivity (Wildman–Crippen MR) is 74.2 cm³/mol. The molecule has 0 spiro atoms. The molecule has 96 valence electrons. The van der Waals surface area contributed by atoms with Crippen LogP contribution in [0.4, 0.5) is 0 Å². The van der Waals surface area contributed by atoms with Crippen molar-refractivity contribution in [2.24, 2.45) is 0 Å². The summed E-state index contributed by atoms with van der Waals surface area (Å²) in [6.45, 7) is 6.57. The summed E-state index contributed by atoms with van der Waals surface area (Å²) < 4.78 is 6.02. The lowest BCUT2D eigenvalue weighted by Gasteiger charge is -2.19. The summed E-state index contributed by atoms with van der Waals surface area (Å²) in [5.74, 6) is 0. The summed E-state index contributed by atoms with van der Waals surface area (Å²) in [6.07, 6.45) is 7.02. The Kier molecular flexibility index (Phi) is 6.95. The number of hydrogen-bond donors (Lipinski definition) is 0. The molecule has 0 aliphatic carbocycles. The molecule has 0 aromatic heterocycles. The molecule has 0 saturated carbocycles. The molecule has 1 unspecified atom stereocenters. The van der Waals surface area contributed by atoms with Gasteiger partial charge in [0.25, 0.3) is 0 Å². The van der Waals surface area contributed by atoms with Crippen LogP contribution in [-0.2, 0) is 4.74 Å². The van der Waals surface area contributed by atoms with Crippen LogP contribution in [0.5, 0.6) is 0 Å². The average molecular weight is 234 g/mol. The predicted octanol–water partition coefficient (Wildman–Crippen LogP) is 5.12. The number of hydrogen-bond acceptors (Lipinski definition) is 1. The highest BCUT2D eigenvalue weighted by atomic mass is 16.5. The Morgan fingerprint density at radius 1 is 1.00 bits per heavy atom. The highest BCUT2D eigenvalue weighted by molar-refractivity contribution is 5.16. The van der Waals surface area contributed by atoms with Crippen LogP contribution >= 0.6 is 0 Å². The van der Waals surface area contributed by atoms with Crippen LogP contribution in [0.3, 0.4) is 0 Å². The maximum Gasteiger partial charge on any atom is 0.0800 e. The van der Waals surface area contributed by atoms with Crippen LogP contribution in [-0.4, -0.2) is 6.10 Å². The highest BCUT2D eigenvalue weighted by Gasteiger charge is 2.09. The van der Waals surface area contributed by atoms with E-state index in [-0.39, 0.29) is 6.10 Å². The van der Waals surface area contributed by atoms with Crippen molar-refractivity contribution in [1.82, 2.24) is 0 Å². The van der Waals surface area contributed by atoms with Crippen LogP contribution in [0.2, 0.25) is 0 Å². The van der Waals surface area contributed by atoms with Crippen LogP contribution in [0, 0.1) is 0 Å². The summed E-state index contributed by atoms with van der Waals surface area (Å²) in [5.41, 5.74) is 1.27. The quantitative estimate of drug-likeness (QED) is 0.567. The second kappa shape index (κ2) is 8.30. The molecule has 17 heavy (non-hydrogen) atoms. The van der Waals surface area contributed by atoms with Gasteiger partial charge in [-0.3, -0.25) is 0 Å². The molecule has 0 aliphatic rings. The molecule has 0 amide bonds. The van der Waals surface area contributed by atoms with Crippen LogP contribution in [0.1, 0.15) is 64.5 Å². The monoisotopic (exact) mass is 234 g/mol. The van der Waals surface area contributed by atoms with Gasteiger partial charge in [-0.05, 0) is 25.8 Å². The molecule has 0 bridgehead atoms. The van der Waals surface area contributed by atoms with Crippen LogP contribution in [0.15, 0.2) is 30.3 Å². The lowest BCUT2D eigenvalue weighted by molar-refractivity contribution is 0.00163. The maximum absolute atomic E-state index is 6.02. The van der Waals surface area contributed by atoms with E-state index in [0.717, 1.165) is 0 Å². The van der Waals surface area contributed by atoms with Gasteiger partial charge in [0.1, 0.15) is 0 Å².